The lowest BCUT2D eigenvalue weighted by molar-refractivity contribution is 0.0700. The van der Waals surface area contributed by atoms with Gasteiger partial charge in [-0.1, -0.05) is 6.07 Å². The Labute approximate surface area is 114 Å². The molecule has 2 heterocycles. The lowest BCUT2D eigenvalue weighted by Crippen LogP contribution is -1.98. The number of rotatable bonds is 2. The zero-order valence-corrected chi connectivity index (χ0v) is 10.7. The molecule has 0 radical (unpaired) electrons. The van der Waals surface area contributed by atoms with Crippen LogP contribution in [0, 0.1) is 12.7 Å². The predicted molar refractivity (Wildman–Crippen MR) is 72.3 cm³/mol. The summed E-state index contributed by atoms with van der Waals surface area (Å²) in [6, 6.07) is 9.18. The van der Waals surface area contributed by atoms with Crippen molar-refractivity contribution in [2.45, 2.75) is 6.92 Å². The molecule has 0 saturated carbocycles. The van der Waals surface area contributed by atoms with Crippen LogP contribution in [0.4, 0.5) is 4.39 Å². The van der Waals surface area contributed by atoms with Gasteiger partial charge in [-0.05, 0) is 42.8 Å². The molecule has 5 heteroatoms. The Morgan fingerprint density at radius 1 is 1.20 bits per heavy atom. The van der Waals surface area contributed by atoms with Crippen LogP contribution >= 0.6 is 0 Å². The lowest BCUT2D eigenvalue weighted by Gasteiger charge is -1.98. The molecule has 0 aliphatic heterocycles. The van der Waals surface area contributed by atoms with E-state index in [1.54, 1.807) is 12.3 Å². The molecule has 0 amide bonds. The minimum absolute atomic E-state index is 0.122. The van der Waals surface area contributed by atoms with Gasteiger partial charge >= 0.3 is 5.97 Å². The molecule has 0 bridgehead atoms. The molecule has 0 atom stereocenters. The Hall–Kier alpha value is -2.69. The van der Waals surface area contributed by atoms with E-state index < -0.39 is 5.97 Å². The van der Waals surface area contributed by atoms with Crippen LogP contribution in [0.25, 0.3) is 16.8 Å². The first-order valence-electron chi connectivity index (χ1n) is 6.04. The van der Waals surface area contributed by atoms with E-state index in [1.165, 1.54) is 28.8 Å². The van der Waals surface area contributed by atoms with Gasteiger partial charge in [0.25, 0.3) is 0 Å². The largest absolute Gasteiger partial charge is 0.478 e. The van der Waals surface area contributed by atoms with Gasteiger partial charge in [0, 0.05) is 11.8 Å². The molecule has 0 unspecified atom stereocenters. The molecular formula is C15H11FN2O2. The third-order valence-electron chi connectivity index (χ3n) is 3.11. The summed E-state index contributed by atoms with van der Waals surface area (Å²) in [5, 5.41) is 13.7. The smallest absolute Gasteiger partial charge is 0.340 e. The molecule has 1 N–H and O–H groups in total. The molecule has 3 aromatic rings. The van der Waals surface area contributed by atoms with Crippen molar-refractivity contribution in [1.29, 1.82) is 0 Å². The second-order valence-corrected chi connectivity index (χ2v) is 4.57. The van der Waals surface area contributed by atoms with Crippen molar-refractivity contribution >= 4 is 11.5 Å². The van der Waals surface area contributed by atoms with Crippen LogP contribution in [0.5, 0.6) is 0 Å². The first-order chi connectivity index (χ1) is 9.56. The summed E-state index contributed by atoms with van der Waals surface area (Å²) in [6.07, 6.45) is 1.76. The van der Waals surface area contributed by atoms with Crippen molar-refractivity contribution in [3.05, 3.63) is 59.5 Å². The number of hydrogen-bond acceptors (Lipinski definition) is 2. The summed E-state index contributed by atoms with van der Waals surface area (Å²) >= 11 is 0. The third kappa shape index (κ3) is 1.93. The van der Waals surface area contributed by atoms with Crippen LogP contribution in [0.15, 0.2) is 42.6 Å². The molecule has 2 aromatic heterocycles. The molecule has 3 rings (SSSR count). The second kappa shape index (κ2) is 4.45. The number of carbonyl (C=O) groups is 1. The van der Waals surface area contributed by atoms with Crippen molar-refractivity contribution < 1.29 is 14.3 Å². The lowest BCUT2D eigenvalue weighted by atomic mass is 10.1. The highest BCUT2D eigenvalue weighted by molar-refractivity contribution is 6.02. The summed E-state index contributed by atoms with van der Waals surface area (Å²) in [5.74, 6) is -1.42. The van der Waals surface area contributed by atoms with Crippen molar-refractivity contribution in [3.63, 3.8) is 0 Å². The van der Waals surface area contributed by atoms with Gasteiger partial charge in [-0.3, -0.25) is 0 Å². The van der Waals surface area contributed by atoms with E-state index in [0.717, 1.165) is 5.56 Å². The topological polar surface area (TPSA) is 54.6 Å². The number of benzene rings is 1. The number of hydrogen-bond donors (Lipinski definition) is 1. The van der Waals surface area contributed by atoms with Gasteiger partial charge in [-0.2, -0.15) is 5.10 Å². The van der Waals surface area contributed by atoms with Crippen molar-refractivity contribution in [2.75, 3.05) is 0 Å². The second-order valence-electron chi connectivity index (χ2n) is 4.57. The molecule has 20 heavy (non-hydrogen) atoms. The summed E-state index contributed by atoms with van der Waals surface area (Å²) < 4.78 is 14.5. The summed E-state index contributed by atoms with van der Waals surface area (Å²) in [6.45, 7) is 1.90. The van der Waals surface area contributed by atoms with Crippen molar-refractivity contribution in [1.82, 2.24) is 9.61 Å². The van der Waals surface area contributed by atoms with E-state index in [1.807, 2.05) is 13.0 Å². The van der Waals surface area contributed by atoms with Crippen molar-refractivity contribution in [2.24, 2.45) is 0 Å². The highest BCUT2D eigenvalue weighted by Crippen LogP contribution is 2.26. The van der Waals surface area contributed by atoms with Gasteiger partial charge in [0.05, 0.1) is 5.52 Å². The van der Waals surface area contributed by atoms with E-state index in [9.17, 15) is 14.3 Å². The molecule has 0 aliphatic carbocycles. The Morgan fingerprint density at radius 2 is 1.90 bits per heavy atom. The van der Waals surface area contributed by atoms with Crippen LogP contribution in [0.3, 0.4) is 0 Å². The number of carboxylic acid groups (broad SMARTS) is 1. The number of pyridine rings is 1. The van der Waals surface area contributed by atoms with E-state index in [-0.39, 0.29) is 11.4 Å². The Kier molecular flexibility index (Phi) is 2.75. The minimum Gasteiger partial charge on any atom is -0.478 e. The van der Waals surface area contributed by atoms with Crippen LogP contribution in [-0.2, 0) is 0 Å². The van der Waals surface area contributed by atoms with E-state index in [0.29, 0.717) is 16.8 Å². The fraction of sp³-hybridized carbons (Fsp3) is 0.0667. The normalized spacial score (nSPS) is 10.9. The molecule has 4 nitrogen and oxygen atoms in total. The first-order valence-corrected chi connectivity index (χ1v) is 6.04. The molecule has 0 aliphatic rings. The number of aromatic nitrogens is 2. The molecule has 0 spiro atoms. The number of nitrogens with zero attached hydrogens (tertiary/aromatic N) is 2. The van der Waals surface area contributed by atoms with Gasteiger partial charge in [-0.25, -0.2) is 13.7 Å². The Balaban J connectivity index is 2.31. The summed E-state index contributed by atoms with van der Waals surface area (Å²) in [5.41, 5.74) is 2.52. The maximum atomic E-state index is 13.0. The third-order valence-corrected chi connectivity index (χ3v) is 3.11. The minimum atomic E-state index is -1.05. The maximum Gasteiger partial charge on any atom is 0.340 e. The number of halogens is 1. The average molecular weight is 270 g/mol. The number of aromatic carboxylic acids is 1. The van der Waals surface area contributed by atoms with E-state index in [4.69, 9.17) is 0 Å². The van der Waals surface area contributed by atoms with Crippen LogP contribution < -0.4 is 0 Å². The molecule has 1 aromatic carbocycles. The zero-order chi connectivity index (χ0) is 14.3. The summed E-state index contributed by atoms with van der Waals surface area (Å²) in [7, 11) is 0. The van der Waals surface area contributed by atoms with Gasteiger partial charge in [0.1, 0.15) is 17.1 Å². The Morgan fingerprint density at radius 3 is 2.55 bits per heavy atom. The standard InChI is InChI=1S/C15H11FN2O2/c1-9-2-7-12-13(15(19)20)14(17-18(12)8-9)10-3-5-11(16)6-4-10/h2-8H,1H3,(H,19,20). The van der Waals surface area contributed by atoms with E-state index >= 15 is 0 Å². The fourth-order valence-corrected chi connectivity index (χ4v) is 2.17. The van der Waals surface area contributed by atoms with Gasteiger partial charge in [0.15, 0.2) is 0 Å². The maximum absolute atomic E-state index is 13.0. The Bertz CT molecular complexity index is 807. The van der Waals surface area contributed by atoms with Gasteiger partial charge in [0.2, 0.25) is 0 Å². The molecule has 100 valence electrons. The van der Waals surface area contributed by atoms with Gasteiger partial charge in [-0.15, -0.1) is 0 Å². The van der Waals surface area contributed by atoms with Crippen LogP contribution in [0.1, 0.15) is 15.9 Å². The predicted octanol–water partition coefficient (Wildman–Crippen LogP) is 3.15. The average Bonchev–Trinajstić information content (AvgIpc) is 2.77. The highest BCUT2D eigenvalue weighted by atomic mass is 19.1. The SMILES string of the molecule is Cc1ccc2c(C(=O)O)c(-c3ccc(F)cc3)nn2c1. The van der Waals surface area contributed by atoms with Crippen LogP contribution in [0.2, 0.25) is 0 Å². The first kappa shape index (κ1) is 12.3. The number of fused-ring (bicyclic) bond motifs is 1. The van der Waals surface area contributed by atoms with E-state index in [2.05, 4.69) is 5.10 Å². The monoisotopic (exact) mass is 270 g/mol. The number of aryl methyl sites for hydroxylation is 1. The molecule has 0 fully saturated rings. The van der Waals surface area contributed by atoms with Crippen LogP contribution in [-0.4, -0.2) is 20.7 Å². The highest BCUT2D eigenvalue weighted by Gasteiger charge is 2.20. The zero-order valence-electron chi connectivity index (χ0n) is 10.7. The van der Waals surface area contributed by atoms with Gasteiger partial charge < -0.3 is 5.11 Å². The quantitative estimate of drug-likeness (QED) is 0.778. The number of carboxylic acids is 1. The van der Waals surface area contributed by atoms with Crippen molar-refractivity contribution in [3.8, 4) is 11.3 Å². The fourth-order valence-electron chi connectivity index (χ4n) is 2.17. The molecular weight excluding hydrogens is 259 g/mol. The molecule has 0 saturated heterocycles. The summed E-state index contributed by atoms with van der Waals surface area (Å²) in [4.78, 5) is 11.5.